The molecule has 1 aromatic heterocycles. The van der Waals surface area contributed by atoms with Crippen LogP contribution in [0.5, 0.6) is 5.75 Å². The summed E-state index contributed by atoms with van der Waals surface area (Å²) in [5.74, 6) is 0.348. The maximum absolute atomic E-state index is 12.8. The molecule has 0 unspecified atom stereocenters. The van der Waals surface area contributed by atoms with Crippen LogP contribution in [-0.2, 0) is 17.8 Å². The topological polar surface area (TPSA) is 51.2 Å². The van der Waals surface area contributed by atoms with Gasteiger partial charge >= 0.3 is 0 Å². The van der Waals surface area contributed by atoms with E-state index in [1.165, 1.54) is 12.1 Å². The fraction of sp³-hybridized carbons (Fsp3) is 0.294. The second-order valence-corrected chi connectivity index (χ2v) is 5.13. The van der Waals surface area contributed by atoms with Gasteiger partial charge in [0.25, 0.3) is 0 Å². The lowest BCUT2D eigenvalue weighted by Gasteiger charge is -2.12. The molecule has 116 valence electrons. The molecule has 22 heavy (non-hydrogen) atoms. The van der Waals surface area contributed by atoms with Crippen molar-refractivity contribution in [2.45, 2.75) is 26.8 Å². The Labute approximate surface area is 129 Å². The van der Waals surface area contributed by atoms with Crippen molar-refractivity contribution in [3.05, 3.63) is 58.7 Å². The van der Waals surface area contributed by atoms with Crippen LogP contribution in [0.2, 0.25) is 0 Å². The molecule has 0 saturated carbocycles. The Morgan fingerprint density at radius 3 is 2.59 bits per heavy atom. The Morgan fingerprint density at radius 2 is 1.95 bits per heavy atom. The summed E-state index contributed by atoms with van der Waals surface area (Å²) < 4.78 is 18.2. The monoisotopic (exact) mass is 302 g/mol. The van der Waals surface area contributed by atoms with Gasteiger partial charge in [-0.3, -0.25) is 9.78 Å². The van der Waals surface area contributed by atoms with Gasteiger partial charge in [-0.25, -0.2) is 4.39 Å². The molecule has 0 radical (unpaired) electrons. The third-order valence-electron chi connectivity index (χ3n) is 3.48. The van der Waals surface area contributed by atoms with Gasteiger partial charge in [0.1, 0.15) is 11.6 Å². The number of benzene rings is 1. The number of carbonyl (C=O) groups is 1. The molecule has 1 amide bonds. The molecule has 4 nitrogen and oxygen atoms in total. The highest BCUT2D eigenvalue weighted by atomic mass is 19.1. The van der Waals surface area contributed by atoms with Crippen molar-refractivity contribution >= 4 is 5.91 Å². The first-order chi connectivity index (χ1) is 10.5. The van der Waals surface area contributed by atoms with Gasteiger partial charge in [-0.2, -0.15) is 0 Å². The normalized spacial score (nSPS) is 10.4. The van der Waals surface area contributed by atoms with Crippen LogP contribution in [0.3, 0.4) is 0 Å². The number of nitrogens with one attached hydrogen (secondary N) is 1. The Hall–Kier alpha value is -2.43. The molecule has 5 heteroatoms. The molecule has 0 spiro atoms. The Morgan fingerprint density at radius 1 is 1.27 bits per heavy atom. The summed E-state index contributed by atoms with van der Waals surface area (Å²) in [5.41, 5.74) is 3.42. The zero-order valence-electron chi connectivity index (χ0n) is 12.9. The summed E-state index contributed by atoms with van der Waals surface area (Å²) in [6.07, 6.45) is 1.94. The minimum Gasteiger partial charge on any atom is -0.496 e. The van der Waals surface area contributed by atoms with Gasteiger partial charge in [-0.1, -0.05) is 12.1 Å². The number of pyridine rings is 1. The fourth-order valence-corrected chi connectivity index (χ4v) is 2.28. The van der Waals surface area contributed by atoms with Gasteiger partial charge in [-0.15, -0.1) is 0 Å². The van der Waals surface area contributed by atoms with Crippen LogP contribution < -0.4 is 10.1 Å². The molecule has 0 atom stereocenters. The van der Waals surface area contributed by atoms with Gasteiger partial charge < -0.3 is 10.1 Å². The van der Waals surface area contributed by atoms with Crippen molar-refractivity contribution in [2.24, 2.45) is 0 Å². The molecule has 0 aliphatic carbocycles. The summed E-state index contributed by atoms with van der Waals surface area (Å²) in [4.78, 5) is 16.3. The second kappa shape index (κ2) is 7.02. The Bertz CT molecular complexity index is 669. The first-order valence-electron chi connectivity index (χ1n) is 7.01. The van der Waals surface area contributed by atoms with Crippen LogP contribution in [0, 0.1) is 19.7 Å². The minimum atomic E-state index is -0.310. The number of rotatable bonds is 5. The predicted octanol–water partition coefficient (Wildman–Crippen LogP) is 2.71. The lowest BCUT2D eigenvalue weighted by Crippen LogP contribution is -2.25. The first-order valence-corrected chi connectivity index (χ1v) is 7.01. The number of ether oxygens (including phenoxy) is 1. The number of aromatic nitrogens is 1. The second-order valence-electron chi connectivity index (χ2n) is 5.13. The maximum atomic E-state index is 12.8. The van der Waals surface area contributed by atoms with Gasteiger partial charge in [0.2, 0.25) is 5.91 Å². The van der Waals surface area contributed by atoms with E-state index in [9.17, 15) is 9.18 Å². The zero-order valence-corrected chi connectivity index (χ0v) is 12.9. The zero-order chi connectivity index (χ0) is 16.1. The lowest BCUT2D eigenvalue weighted by molar-refractivity contribution is -0.120. The molecule has 2 aromatic rings. The molecule has 1 aromatic carbocycles. The van der Waals surface area contributed by atoms with Gasteiger partial charge in [0, 0.05) is 17.3 Å². The highest BCUT2D eigenvalue weighted by Crippen LogP contribution is 2.23. The first kappa shape index (κ1) is 15.9. The number of amides is 1. The standard InChI is InChI=1S/C17H19FN2O2/c1-11-9-19-15(12(2)17(11)22-3)10-20-16(21)8-13-4-6-14(18)7-5-13/h4-7,9H,8,10H2,1-3H3,(H,20,21). The number of halogens is 1. The number of nitrogens with zero attached hydrogens (tertiary/aromatic N) is 1. The van der Waals surface area contributed by atoms with E-state index >= 15 is 0 Å². The number of hydrogen-bond donors (Lipinski definition) is 1. The van der Waals surface area contributed by atoms with Crippen molar-refractivity contribution in [1.29, 1.82) is 0 Å². The minimum absolute atomic E-state index is 0.132. The molecule has 0 fully saturated rings. The lowest BCUT2D eigenvalue weighted by atomic mass is 10.1. The third-order valence-corrected chi connectivity index (χ3v) is 3.48. The van der Waals surface area contributed by atoms with Crippen molar-refractivity contribution in [3.8, 4) is 5.75 Å². The summed E-state index contributed by atoms with van der Waals surface area (Å²) in [5, 5.41) is 2.82. The largest absolute Gasteiger partial charge is 0.496 e. The number of methoxy groups -OCH3 is 1. The van der Waals surface area contributed by atoms with Crippen LogP contribution in [0.15, 0.2) is 30.5 Å². The smallest absolute Gasteiger partial charge is 0.224 e. The van der Waals surface area contributed by atoms with E-state index in [0.717, 1.165) is 28.1 Å². The van der Waals surface area contributed by atoms with E-state index in [1.54, 1.807) is 25.4 Å². The molecule has 0 bridgehead atoms. The van der Waals surface area contributed by atoms with E-state index < -0.39 is 0 Å². The Balaban J connectivity index is 1.98. The van der Waals surface area contributed by atoms with Crippen LogP contribution in [0.25, 0.3) is 0 Å². The Kier molecular flexibility index (Phi) is 5.09. The van der Waals surface area contributed by atoms with E-state index in [4.69, 9.17) is 4.74 Å². The van der Waals surface area contributed by atoms with Crippen molar-refractivity contribution < 1.29 is 13.9 Å². The SMILES string of the molecule is COc1c(C)cnc(CNC(=O)Cc2ccc(F)cc2)c1C. The molecule has 2 rings (SSSR count). The summed E-state index contributed by atoms with van der Waals surface area (Å²) >= 11 is 0. The predicted molar refractivity (Wildman–Crippen MR) is 82.2 cm³/mol. The van der Waals surface area contributed by atoms with Crippen LogP contribution in [0.1, 0.15) is 22.4 Å². The van der Waals surface area contributed by atoms with E-state index in [2.05, 4.69) is 10.3 Å². The average molecular weight is 302 g/mol. The summed E-state index contributed by atoms with van der Waals surface area (Å²) in [6, 6.07) is 5.90. The fourth-order valence-electron chi connectivity index (χ4n) is 2.28. The molecule has 0 saturated heterocycles. The molecule has 1 N–H and O–H groups in total. The quantitative estimate of drug-likeness (QED) is 0.924. The van der Waals surface area contributed by atoms with E-state index in [1.807, 2.05) is 13.8 Å². The van der Waals surface area contributed by atoms with Gasteiger partial charge in [-0.05, 0) is 31.5 Å². The molecule has 0 aliphatic rings. The molecule has 0 aliphatic heterocycles. The van der Waals surface area contributed by atoms with Crippen molar-refractivity contribution in [3.63, 3.8) is 0 Å². The highest BCUT2D eigenvalue weighted by Gasteiger charge is 2.10. The molecule has 1 heterocycles. The van der Waals surface area contributed by atoms with E-state index in [-0.39, 0.29) is 18.1 Å². The van der Waals surface area contributed by atoms with Crippen molar-refractivity contribution in [1.82, 2.24) is 10.3 Å². The summed E-state index contributed by atoms with van der Waals surface area (Å²) in [7, 11) is 1.62. The van der Waals surface area contributed by atoms with Crippen LogP contribution in [0.4, 0.5) is 4.39 Å². The van der Waals surface area contributed by atoms with Crippen LogP contribution in [-0.4, -0.2) is 18.0 Å². The van der Waals surface area contributed by atoms with Crippen LogP contribution >= 0.6 is 0 Å². The maximum Gasteiger partial charge on any atom is 0.224 e. The highest BCUT2D eigenvalue weighted by molar-refractivity contribution is 5.78. The number of aryl methyl sites for hydroxylation is 1. The van der Waals surface area contributed by atoms with Gasteiger partial charge in [0.05, 0.1) is 25.8 Å². The molecular weight excluding hydrogens is 283 g/mol. The van der Waals surface area contributed by atoms with Gasteiger partial charge in [0.15, 0.2) is 0 Å². The average Bonchev–Trinajstić information content (AvgIpc) is 2.49. The van der Waals surface area contributed by atoms with Crippen molar-refractivity contribution in [2.75, 3.05) is 7.11 Å². The number of carbonyl (C=O) groups excluding carboxylic acids is 1. The number of hydrogen-bond acceptors (Lipinski definition) is 3. The van der Waals surface area contributed by atoms with E-state index in [0.29, 0.717) is 6.54 Å². The summed E-state index contributed by atoms with van der Waals surface area (Å²) in [6.45, 7) is 4.18. The molecular formula is C17H19FN2O2. The third kappa shape index (κ3) is 3.81.